The Bertz CT molecular complexity index is 1010. The number of nitrogens with zero attached hydrogens (tertiary/aromatic N) is 2. The van der Waals surface area contributed by atoms with Crippen molar-refractivity contribution in [3.63, 3.8) is 0 Å². The van der Waals surface area contributed by atoms with Crippen LogP contribution in [0.15, 0.2) is 78.5 Å². The summed E-state index contributed by atoms with van der Waals surface area (Å²) in [5.74, 6) is -0.383. The summed E-state index contributed by atoms with van der Waals surface area (Å²) in [5.41, 5.74) is 3.98. The Morgan fingerprint density at radius 2 is 1.89 bits per heavy atom. The van der Waals surface area contributed by atoms with Crippen LogP contribution in [0.1, 0.15) is 29.8 Å². The molecule has 3 aromatic rings. The van der Waals surface area contributed by atoms with E-state index < -0.39 is 0 Å². The fourth-order valence-electron chi connectivity index (χ4n) is 2.92. The summed E-state index contributed by atoms with van der Waals surface area (Å²) in [4.78, 5) is 12.6. The standard InChI is InChI=1S/C23H21N3O/c1-17-8-6-11-21(14-17)26-13-7-12-22(26)15-20(16-24)23(27)25-18(2)19-9-4-3-5-10-19/h3-15,18H,1-2H3,(H,25,27)/b20-15-/t18-/m0/s1. The van der Waals surface area contributed by atoms with Crippen LogP contribution in [0.5, 0.6) is 0 Å². The average molecular weight is 355 g/mol. The predicted molar refractivity (Wildman–Crippen MR) is 107 cm³/mol. The van der Waals surface area contributed by atoms with Gasteiger partial charge in [0.05, 0.1) is 6.04 Å². The van der Waals surface area contributed by atoms with Gasteiger partial charge in [-0.1, -0.05) is 42.5 Å². The first-order valence-corrected chi connectivity index (χ1v) is 8.80. The van der Waals surface area contributed by atoms with E-state index in [4.69, 9.17) is 0 Å². The molecule has 0 fully saturated rings. The largest absolute Gasteiger partial charge is 0.345 e. The lowest BCUT2D eigenvalue weighted by Crippen LogP contribution is -2.27. The monoisotopic (exact) mass is 355 g/mol. The van der Waals surface area contributed by atoms with Gasteiger partial charge in [-0.15, -0.1) is 0 Å². The van der Waals surface area contributed by atoms with Crippen LogP contribution in [-0.4, -0.2) is 10.5 Å². The van der Waals surface area contributed by atoms with Crippen LogP contribution in [0.25, 0.3) is 11.8 Å². The molecule has 0 radical (unpaired) electrons. The smallest absolute Gasteiger partial charge is 0.262 e. The van der Waals surface area contributed by atoms with Gasteiger partial charge in [-0.2, -0.15) is 5.26 Å². The third-order valence-corrected chi connectivity index (χ3v) is 4.36. The molecule has 2 aromatic carbocycles. The van der Waals surface area contributed by atoms with Crippen molar-refractivity contribution < 1.29 is 4.79 Å². The Hall–Kier alpha value is -3.58. The van der Waals surface area contributed by atoms with E-state index in [1.54, 1.807) is 6.08 Å². The molecular weight excluding hydrogens is 334 g/mol. The number of hydrogen-bond acceptors (Lipinski definition) is 2. The van der Waals surface area contributed by atoms with Crippen molar-refractivity contribution >= 4 is 12.0 Å². The molecule has 0 aliphatic heterocycles. The molecule has 1 atom stereocenters. The highest BCUT2D eigenvalue weighted by atomic mass is 16.1. The highest BCUT2D eigenvalue weighted by Crippen LogP contribution is 2.18. The number of benzene rings is 2. The molecule has 3 rings (SSSR count). The van der Waals surface area contributed by atoms with Gasteiger partial charge in [0.15, 0.2) is 0 Å². The number of rotatable bonds is 5. The quantitative estimate of drug-likeness (QED) is 0.538. The molecule has 1 aromatic heterocycles. The summed E-state index contributed by atoms with van der Waals surface area (Å²) in [6.07, 6.45) is 3.54. The van der Waals surface area contributed by atoms with Gasteiger partial charge < -0.3 is 9.88 Å². The molecule has 0 aliphatic carbocycles. The van der Waals surface area contributed by atoms with Gasteiger partial charge >= 0.3 is 0 Å². The van der Waals surface area contributed by atoms with E-state index in [1.165, 1.54) is 0 Å². The molecule has 0 bridgehead atoms. The van der Waals surface area contributed by atoms with Gasteiger partial charge in [-0.25, -0.2) is 0 Å². The lowest BCUT2D eigenvalue weighted by Gasteiger charge is -2.14. The molecule has 0 saturated heterocycles. The molecular formula is C23H21N3O. The molecule has 1 N–H and O–H groups in total. The SMILES string of the molecule is Cc1cccc(-n2cccc2/C=C(/C#N)C(=O)N[C@@H](C)c2ccccc2)c1. The minimum atomic E-state index is -0.383. The minimum Gasteiger partial charge on any atom is -0.345 e. The van der Waals surface area contributed by atoms with E-state index in [1.807, 2.05) is 91.3 Å². The van der Waals surface area contributed by atoms with E-state index in [-0.39, 0.29) is 17.5 Å². The van der Waals surface area contributed by atoms with E-state index in [9.17, 15) is 10.1 Å². The average Bonchev–Trinajstić information content (AvgIpc) is 3.15. The third-order valence-electron chi connectivity index (χ3n) is 4.36. The zero-order valence-corrected chi connectivity index (χ0v) is 15.4. The predicted octanol–water partition coefficient (Wildman–Crippen LogP) is 4.57. The second-order valence-corrected chi connectivity index (χ2v) is 6.42. The molecule has 1 amide bonds. The highest BCUT2D eigenvalue weighted by Gasteiger charge is 2.14. The normalized spacial score (nSPS) is 12.3. The lowest BCUT2D eigenvalue weighted by molar-refractivity contribution is -0.117. The van der Waals surface area contributed by atoms with Gasteiger partial charge in [0.2, 0.25) is 0 Å². The molecule has 0 saturated carbocycles. The molecule has 1 heterocycles. The first-order valence-electron chi connectivity index (χ1n) is 8.80. The van der Waals surface area contributed by atoms with Crippen molar-refractivity contribution in [3.05, 3.63) is 95.3 Å². The maximum absolute atomic E-state index is 12.6. The minimum absolute atomic E-state index is 0.0744. The first-order chi connectivity index (χ1) is 13.1. The first kappa shape index (κ1) is 18.2. The molecule has 0 unspecified atom stereocenters. The second kappa shape index (κ2) is 8.20. The van der Waals surface area contributed by atoms with E-state index in [0.29, 0.717) is 0 Å². The molecule has 134 valence electrons. The number of aromatic nitrogens is 1. The molecule has 4 nitrogen and oxygen atoms in total. The molecule has 0 spiro atoms. The Morgan fingerprint density at radius 3 is 2.59 bits per heavy atom. The number of nitrogens with one attached hydrogen (secondary N) is 1. The number of carbonyl (C=O) groups is 1. The van der Waals surface area contributed by atoms with Crippen LogP contribution >= 0.6 is 0 Å². The summed E-state index contributed by atoms with van der Waals surface area (Å²) in [6.45, 7) is 3.93. The second-order valence-electron chi connectivity index (χ2n) is 6.42. The summed E-state index contributed by atoms with van der Waals surface area (Å²) in [5, 5.41) is 12.4. The van der Waals surface area contributed by atoms with Gasteiger partial charge in [-0.05, 0) is 55.3 Å². The Labute approximate surface area is 159 Å². The number of aryl methyl sites for hydroxylation is 1. The summed E-state index contributed by atoms with van der Waals surface area (Å²) < 4.78 is 1.96. The molecule has 0 aliphatic rings. The van der Waals surface area contributed by atoms with Crippen molar-refractivity contribution in [2.24, 2.45) is 0 Å². The maximum atomic E-state index is 12.6. The van der Waals surface area contributed by atoms with Crippen LogP contribution in [-0.2, 0) is 4.79 Å². The van der Waals surface area contributed by atoms with Gasteiger partial charge in [-0.3, -0.25) is 4.79 Å². The highest BCUT2D eigenvalue weighted by molar-refractivity contribution is 6.01. The van der Waals surface area contributed by atoms with E-state index >= 15 is 0 Å². The van der Waals surface area contributed by atoms with Crippen molar-refractivity contribution in [1.29, 1.82) is 5.26 Å². The fraction of sp³-hybridized carbons (Fsp3) is 0.130. The summed E-state index contributed by atoms with van der Waals surface area (Å²) >= 11 is 0. The van der Waals surface area contributed by atoms with Gasteiger partial charge in [0.25, 0.3) is 5.91 Å². The van der Waals surface area contributed by atoms with Crippen molar-refractivity contribution in [1.82, 2.24) is 9.88 Å². The topological polar surface area (TPSA) is 57.8 Å². The zero-order chi connectivity index (χ0) is 19.2. The maximum Gasteiger partial charge on any atom is 0.262 e. The summed E-state index contributed by atoms with van der Waals surface area (Å²) in [7, 11) is 0. The molecule has 27 heavy (non-hydrogen) atoms. The van der Waals surface area contributed by atoms with Crippen LogP contribution in [0.4, 0.5) is 0 Å². The number of nitriles is 1. The van der Waals surface area contributed by atoms with Crippen LogP contribution in [0.2, 0.25) is 0 Å². The fourth-order valence-corrected chi connectivity index (χ4v) is 2.92. The van der Waals surface area contributed by atoms with Gasteiger partial charge in [0, 0.05) is 17.6 Å². The van der Waals surface area contributed by atoms with E-state index in [2.05, 4.69) is 11.4 Å². The number of hydrogen-bond donors (Lipinski definition) is 1. The summed E-state index contributed by atoms with van der Waals surface area (Å²) in [6, 6.07) is 23.4. The van der Waals surface area contributed by atoms with Crippen molar-refractivity contribution in [2.75, 3.05) is 0 Å². The van der Waals surface area contributed by atoms with Crippen LogP contribution < -0.4 is 5.32 Å². The molecule has 4 heteroatoms. The number of carbonyl (C=O) groups excluding carboxylic acids is 1. The third kappa shape index (κ3) is 4.34. The van der Waals surface area contributed by atoms with Gasteiger partial charge in [0.1, 0.15) is 11.6 Å². The number of amides is 1. The van der Waals surface area contributed by atoms with Crippen LogP contribution in [0.3, 0.4) is 0 Å². The zero-order valence-electron chi connectivity index (χ0n) is 15.4. The lowest BCUT2D eigenvalue weighted by atomic mass is 10.1. The van der Waals surface area contributed by atoms with Crippen molar-refractivity contribution in [2.45, 2.75) is 19.9 Å². The Balaban J connectivity index is 1.84. The Kier molecular flexibility index (Phi) is 5.53. The Morgan fingerprint density at radius 1 is 1.11 bits per heavy atom. The van der Waals surface area contributed by atoms with Crippen molar-refractivity contribution in [3.8, 4) is 11.8 Å². The van der Waals surface area contributed by atoms with E-state index in [0.717, 1.165) is 22.5 Å². The van der Waals surface area contributed by atoms with Crippen LogP contribution in [0, 0.1) is 18.3 Å².